The number of aromatic nitrogens is 1. The van der Waals surface area contributed by atoms with Crippen molar-refractivity contribution < 1.29 is 9.53 Å². The highest BCUT2D eigenvalue weighted by Crippen LogP contribution is 2.26. The van der Waals surface area contributed by atoms with Crippen molar-refractivity contribution >= 4 is 28.3 Å². The maximum Gasteiger partial charge on any atom is 0.258 e. The molecule has 1 heterocycles. The number of nitrogen functional groups attached to an aromatic ring is 1. The quantitative estimate of drug-likeness (QED) is 0.609. The van der Waals surface area contributed by atoms with Gasteiger partial charge in [-0.1, -0.05) is 13.8 Å². The molecule has 1 rings (SSSR count). The average Bonchev–Trinajstić information content (AvgIpc) is 2.73. The first kappa shape index (κ1) is 17.7. The summed E-state index contributed by atoms with van der Waals surface area (Å²) in [6.07, 6.45) is 0.871. The van der Waals surface area contributed by atoms with E-state index in [0.717, 1.165) is 24.6 Å². The molecule has 6 nitrogen and oxygen atoms in total. The number of rotatable bonds is 9. The third kappa shape index (κ3) is 6.31. The molecule has 1 aromatic heterocycles. The molecule has 0 bridgehead atoms. The number of nitrogens with two attached hydrogens (primary N) is 1. The van der Waals surface area contributed by atoms with E-state index < -0.39 is 0 Å². The molecule has 120 valence electrons. The first-order valence-electron chi connectivity index (χ1n) is 7.29. The molecule has 0 saturated heterocycles. The van der Waals surface area contributed by atoms with Crippen LogP contribution >= 0.6 is 11.5 Å². The minimum absolute atomic E-state index is 0.0640. The molecule has 7 heteroatoms. The van der Waals surface area contributed by atoms with Crippen molar-refractivity contribution in [1.29, 1.82) is 0 Å². The first-order valence-corrected chi connectivity index (χ1v) is 8.06. The van der Waals surface area contributed by atoms with E-state index in [1.807, 2.05) is 13.8 Å². The summed E-state index contributed by atoms with van der Waals surface area (Å²) < 4.78 is 9.56. The van der Waals surface area contributed by atoms with Crippen LogP contribution in [0.25, 0.3) is 0 Å². The predicted octanol–water partition coefficient (Wildman–Crippen LogP) is 2.34. The van der Waals surface area contributed by atoms with Gasteiger partial charge < -0.3 is 21.1 Å². The number of anilines is 2. The van der Waals surface area contributed by atoms with Crippen LogP contribution in [-0.4, -0.2) is 36.1 Å². The highest BCUT2D eigenvalue weighted by atomic mass is 32.1. The van der Waals surface area contributed by atoms with Gasteiger partial charge in [-0.3, -0.25) is 4.79 Å². The fourth-order valence-corrected chi connectivity index (χ4v) is 2.41. The van der Waals surface area contributed by atoms with Gasteiger partial charge in [-0.15, -0.1) is 0 Å². The minimum Gasteiger partial charge on any atom is -0.382 e. The smallest absolute Gasteiger partial charge is 0.258 e. The number of hydrogen-bond acceptors (Lipinski definition) is 6. The molecule has 0 aliphatic rings. The second-order valence-corrected chi connectivity index (χ2v) is 6.42. The van der Waals surface area contributed by atoms with Crippen molar-refractivity contribution in [3.05, 3.63) is 5.56 Å². The molecule has 1 aromatic rings. The van der Waals surface area contributed by atoms with Gasteiger partial charge in [0.2, 0.25) is 0 Å². The standard InChI is InChI=1S/C14H26N4O2S/c1-9(2)8-20-7-5-6-16-14-11(12(15)18-21-14)13(19)17-10(3)4/h9-10,16H,5-8H2,1-4H3,(H2,15,18)(H,17,19). The lowest BCUT2D eigenvalue weighted by Gasteiger charge is -2.10. The van der Waals surface area contributed by atoms with E-state index in [4.69, 9.17) is 10.5 Å². The monoisotopic (exact) mass is 314 g/mol. The summed E-state index contributed by atoms with van der Waals surface area (Å²) in [4.78, 5) is 12.1. The van der Waals surface area contributed by atoms with E-state index in [-0.39, 0.29) is 17.8 Å². The Hall–Kier alpha value is -1.34. The van der Waals surface area contributed by atoms with E-state index in [2.05, 4.69) is 28.9 Å². The zero-order valence-corrected chi connectivity index (χ0v) is 14.0. The lowest BCUT2D eigenvalue weighted by molar-refractivity contribution is 0.0945. The van der Waals surface area contributed by atoms with Gasteiger partial charge in [0.05, 0.1) is 0 Å². The van der Waals surface area contributed by atoms with E-state index >= 15 is 0 Å². The number of hydrogen-bond donors (Lipinski definition) is 3. The number of ether oxygens (including phenoxy) is 1. The van der Waals surface area contributed by atoms with Crippen molar-refractivity contribution in [3.63, 3.8) is 0 Å². The van der Waals surface area contributed by atoms with E-state index in [9.17, 15) is 4.79 Å². The third-order valence-corrected chi connectivity index (χ3v) is 3.39. The predicted molar refractivity (Wildman–Crippen MR) is 87.9 cm³/mol. The normalized spacial score (nSPS) is 11.1. The number of nitrogens with zero attached hydrogens (tertiary/aromatic N) is 1. The van der Waals surface area contributed by atoms with Gasteiger partial charge in [0.25, 0.3) is 5.91 Å². The lowest BCUT2D eigenvalue weighted by Crippen LogP contribution is -2.30. The second kappa shape index (κ2) is 8.84. The van der Waals surface area contributed by atoms with Crippen LogP contribution in [0.5, 0.6) is 0 Å². The molecule has 0 saturated carbocycles. The van der Waals surface area contributed by atoms with Crippen LogP contribution in [0.15, 0.2) is 0 Å². The molecule has 0 radical (unpaired) electrons. The molecule has 0 aliphatic heterocycles. The minimum atomic E-state index is -0.185. The van der Waals surface area contributed by atoms with Crippen LogP contribution in [0.1, 0.15) is 44.5 Å². The molecule has 0 unspecified atom stereocenters. The highest BCUT2D eigenvalue weighted by molar-refractivity contribution is 7.11. The van der Waals surface area contributed by atoms with E-state index in [1.165, 1.54) is 11.5 Å². The van der Waals surface area contributed by atoms with Crippen LogP contribution in [0.4, 0.5) is 10.8 Å². The van der Waals surface area contributed by atoms with Crippen molar-refractivity contribution in [2.24, 2.45) is 5.92 Å². The molecule has 1 amide bonds. The van der Waals surface area contributed by atoms with Crippen LogP contribution in [-0.2, 0) is 4.74 Å². The largest absolute Gasteiger partial charge is 0.382 e. The Morgan fingerprint density at radius 1 is 1.38 bits per heavy atom. The molecule has 0 aliphatic carbocycles. The summed E-state index contributed by atoms with van der Waals surface area (Å²) in [5.41, 5.74) is 6.22. The Morgan fingerprint density at radius 2 is 2.10 bits per heavy atom. The SMILES string of the molecule is CC(C)COCCCNc1snc(N)c1C(=O)NC(C)C. The van der Waals surface area contributed by atoms with E-state index in [0.29, 0.717) is 18.1 Å². The van der Waals surface area contributed by atoms with E-state index in [1.54, 1.807) is 0 Å². The zero-order chi connectivity index (χ0) is 15.8. The van der Waals surface area contributed by atoms with Gasteiger partial charge in [0.1, 0.15) is 10.6 Å². The zero-order valence-electron chi connectivity index (χ0n) is 13.2. The van der Waals surface area contributed by atoms with Gasteiger partial charge >= 0.3 is 0 Å². The number of carbonyl (C=O) groups excluding carboxylic acids is 1. The van der Waals surface area contributed by atoms with Crippen LogP contribution in [0, 0.1) is 5.92 Å². The van der Waals surface area contributed by atoms with Gasteiger partial charge in [-0.2, -0.15) is 4.37 Å². The lowest BCUT2D eigenvalue weighted by atomic mass is 10.2. The molecule has 4 N–H and O–H groups in total. The third-order valence-electron chi connectivity index (χ3n) is 2.57. The maximum absolute atomic E-state index is 12.1. The molecule has 0 atom stereocenters. The summed E-state index contributed by atoms with van der Waals surface area (Å²) >= 11 is 1.21. The van der Waals surface area contributed by atoms with Gasteiger partial charge in [0, 0.05) is 25.8 Å². The average molecular weight is 314 g/mol. The Morgan fingerprint density at radius 3 is 2.71 bits per heavy atom. The van der Waals surface area contributed by atoms with Crippen molar-refractivity contribution in [1.82, 2.24) is 9.69 Å². The fraction of sp³-hybridized carbons (Fsp3) is 0.714. The Labute approximate surface area is 130 Å². The number of nitrogens with one attached hydrogen (secondary N) is 2. The Bertz CT molecular complexity index is 446. The fourth-order valence-electron chi connectivity index (χ4n) is 1.67. The number of carbonyl (C=O) groups is 1. The summed E-state index contributed by atoms with van der Waals surface area (Å²) in [6.45, 7) is 10.3. The maximum atomic E-state index is 12.1. The topological polar surface area (TPSA) is 89.3 Å². The number of amides is 1. The van der Waals surface area contributed by atoms with Crippen molar-refractivity contribution in [2.75, 3.05) is 30.8 Å². The molecular formula is C14H26N4O2S. The first-order chi connectivity index (χ1) is 9.91. The summed E-state index contributed by atoms with van der Waals surface area (Å²) in [5.74, 6) is 0.636. The molecular weight excluding hydrogens is 288 g/mol. The van der Waals surface area contributed by atoms with Gasteiger partial charge in [-0.25, -0.2) is 0 Å². The van der Waals surface area contributed by atoms with Crippen LogP contribution in [0.3, 0.4) is 0 Å². The summed E-state index contributed by atoms with van der Waals surface area (Å²) in [7, 11) is 0. The van der Waals surface area contributed by atoms with Crippen molar-refractivity contribution in [3.8, 4) is 0 Å². The molecule has 0 fully saturated rings. The highest BCUT2D eigenvalue weighted by Gasteiger charge is 2.19. The Kier molecular flexibility index (Phi) is 7.45. The van der Waals surface area contributed by atoms with Crippen LogP contribution < -0.4 is 16.4 Å². The van der Waals surface area contributed by atoms with Crippen LogP contribution in [0.2, 0.25) is 0 Å². The Balaban J connectivity index is 2.43. The summed E-state index contributed by atoms with van der Waals surface area (Å²) in [5, 5.41) is 6.76. The van der Waals surface area contributed by atoms with Gasteiger partial charge in [-0.05, 0) is 37.7 Å². The molecule has 0 aromatic carbocycles. The molecule has 21 heavy (non-hydrogen) atoms. The second-order valence-electron chi connectivity index (χ2n) is 5.65. The van der Waals surface area contributed by atoms with Crippen molar-refractivity contribution in [2.45, 2.75) is 40.2 Å². The van der Waals surface area contributed by atoms with Gasteiger partial charge in [0.15, 0.2) is 5.82 Å². The molecule has 0 spiro atoms. The summed E-state index contributed by atoms with van der Waals surface area (Å²) in [6, 6.07) is 0.0640.